The van der Waals surface area contributed by atoms with E-state index in [9.17, 15) is 9.59 Å². The molecule has 0 saturated carbocycles. The van der Waals surface area contributed by atoms with Gasteiger partial charge in [0.15, 0.2) is 0 Å². The van der Waals surface area contributed by atoms with Crippen LogP contribution in [0.1, 0.15) is 20.3 Å². The lowest BCUT2D eigenvalue weighted by Gasteiger charge is -1.87. The maximum Gasteiger partial charge on any atom is 0.271 e. The van der Waals surface area contributed by atoms with Gasteiger partial charge in [-0.2, -0.15) is 0 Å². The summed E-state index contributed by atoms with van der Waals surface area (Å²) < 4.78 is 0. The summed E-state index contributed by atoms with van der Waals surface area (Å²) in [6.07, 6.45) is 3.96. The van der Waals surface area contributed by atoms with E-state index in [1.54, 1.807) is 19.1 Å². The molecule has 0 radical (unpaired) electrons. The highest BCUT2D eigenvalue weighted by atomic mass is 16.1. The first-order valence-electron chi connectivity index (χ1n) is 4.18. The number of aromatic nitrogens is 2. The van der Waals surface area contributed by atoms with Crippen molar-refractivity contribution in [2.45, 2.75) is 20.3 Å². The Bertz CT molecular complexity index is 508. The average molecular weight is 180 g/mol. The van der Waals surface area contributed by atoms with Crippen molar-refractivity contribution in [3.63, 3.8) is 0 Å². The Morgan fingerprint density at radius 2 is 1.69 bits per heavy atom. The van der Waals surface area contributed by atoms with Gasteiger partial charge >= 0.3 is 0 Å². The van der Waals surface area contributed by atoms with E-state index >= 15 is 0 Å². The van der Waals surface area contributed by atoms with E-state index in [0.29, 0.717) is 17.1 Å². The molecular weight excluding hydrogens is 168 g/mol. The van der Waals surface area contributed by atoms with E-state index in [0.717, 1.165) is 0 Å². The number of aromatic amines is 2. The molecule has 0 aliphatic rings. The topological polar surface area (TPSA) is 65.7 Å². The third kappa shape index (κ3) is 1.96. The molecule has 0 aliphatic carbocycles. The third-order valence-electron chi connectivity index (χ3n) is 1.68. The second-order valence-electron chi connectivity index (χ2n) is 2.64. The number of nitrogens with one attached hydrogen (secondary N) is 2. The molecule has 0 fully saturated rings. The van der Waals surface area contributed by atoms with Gasteiger partial charge in [0.2, 0.25) is 0 Å². The zero-order valence-corrected chi connectivity index (χ0v) is 7.68. The largest absolute Gasteiger partial charge is 0.316 e. The lowest BCUT2D eigenvalue weighted by Crippen LogP contribution is -2.46. The van der Waals surface area contributed by atoms with Gasteiger partial charge < -0.3 is 9.97 Å². The van der Waals surface area contributed by atoms with Crippen molar-refractivity contribution in [1.82, 2.24) is 9.97 Å². The highest BCUT2D eigenvalue weighted by Crippen LogP contribution is 1.69. The number of H-pyrrole nitrogens is 2. The smallest absolute Gasteiger partial charge is 0.271 e. The molecule has 0 spiro atoms. The maximum absolute atomic E-state index is 11.3. The van der Waals surface area contributed by atoms with E-state index in [1.165, 1.54) is 0 Å². The second kappa shape index (κ2) is 3.89. The minimum Gasteiger partial charge on any atom is -0.316 e. The van der Waals surface area contributed by atoms with Gasteiger partial charge in [-0.3, -0.25) is 9.59 Å². The highest BCUT2D eigenvalue weighted by Gasteiger charge is 1.91. The van der Waals surface area contributed by atoms with Crippen LogP contribution in [-0.4, -0.2) is 9.97 Å². The Morgan fingerprint density at radius 3 is 2.23 bits per heavy atom. The highest BCUT2D eigenvalue weighted by molar-refractivity contribution is 5.17. The summed E-state index contributed by atoms with van der Waals surface area (Å²) in [6.45, 7) is 3.60. The molecule has 0 aromatic carbocycles. The van der Waals surface area contributed by atoms with E-state index in [-0.39, 0.29) is 11.1 Å². The molecule has 0 saturated heterocycles. The Labute approximate surface area is 74.6 Å². The van der Waals surface area contributed by atoms with Crippen molar-refractivity contribution in [3.8, 4) is 0 Å². The predicted octanol–water partition coefficient (Wildman–Crippen LogP) is -0.946. The SMILES string of the molecule is C/C=c1/[nH]c(=O)/c(=C\CC)[nH]c1=O. The Kier molecular flexibility index (Phi) is 2.84. The molecule has 13 heavy (non-hydrogen) atoms. The Balaban J connectivity index is 3.67. The minimum absolute atomic E-state index is 0.255. The summed E-state index contributed by atoms with van der Waals surface area (Å²) in [5.74, 6) is 0. The predicted molar refractivity (Wildman–Crippen MR) is 51.8 cm³/mol. The lowest BCUT2D eigenvalue weighted by atomic mass is 10.4. The van der Waals surface area contributed by atoms with Crippen LogP contribution in [-0.2, 0) is 0 Å². The van der Waals surface area contributed by atoms with Crippen LogP contribution in [0.3, 0.4) is 0 Å². The fraction of sp³-hybridized carbons (Fsp3) is 0.333. The van der Waals surface area contributed by atoms with Crippen LogP contribution in [0.4, 0.5) is 0 Å². The monoisotopic (exact) mass is 180 g/mol. The van der Waals surface area contributed by atoms with Gasteiger partial charge in [0, 0.05) is 0 Å². The van der Waals surface area contributed by atoms with E-state index in [2.05, 4.69) is 9.97 Å². The van der Waals surface area contributed by atoms with Gasteiger partial charge in [-0.15, -0.1) is 0 Å². The molecule has 0 amide bonds. The minimum atomic E-state index is -0.262. The van der Waals surface area contributed by atoms with Gasteiger partial charge in [-0.1, -0.05) is 19.1 Å². The van der Waals surface area contributed by atoms with Crippen LogP contribution in [0.25, 0.3) is 12.2 Å². The second-order valence-corrected chi connectivity index (χ2v) is 2.64. The Hall–Kier alpha value is -1.58. The van der Waals surface area contributed by atoms with Crippen molar-refractivity contribution in [2.75, 3.05) is 0 Å². The maximum atomic E-state index is 11.3. The van der Waals surface area contributed by atoms with Gasteiger partial charge in [-0.05, 0) is 13.3 Å². The fourth-order valence-electron chi connectivity index (χ4n) is 1.04. The fourth-order valence-corrected chi connectivity index (χ4v) is 1.04. The summed E-state index contributed by atoms with van der Waals surface area (Å²) in [7, 11) is 0. The molecule has 1 aromatic heterocycles. The molecule has 0 aliphatic heterocycles. The number of hydrogen-bond acceptors (Lipinski definition) is 2. The van der Waals surface area contributed by atoms with Crippen LogP contribution in [0, 0.1) is 0 Å². The van der Waals surface area contributed by atoms with Crippen LogP contribution >= 0.6 is 0 Å². The first-order valence-corrected chi connectivity index (χ1v) is 4.18. The van der Waals surface area contributed by atoms with Crippen molar-refractivity contribution < 1.29 is 0 Å². The molecule has 70 valence electrons. The van der Waals surface area contributed by atoms with Crippen molar-refractivity contribution in [3.05, 3.63) is 31.4 Å². The molecule has 1 aromatic rings. The summed E-state index contributed by atoms with van der Waals surface area (Å²) in [6, 6.07) is 0. The van der Waals surface area contributed by atoms with Crippen molar-refractivity contribution in [2.24, 2.45) is 0 Å². The van der Waals surface area contributed by atoms with Crippen molar-refractivity contribution in [1.29, 1.82) is 0 Å². The average Bonchev–Trinajstić information content (AvgIpc) is 2.11. The standard InChI is InChI=1S/C9H12N2O2/c1-3-5-7-9(13)10-6(4-2)8(12)11-7/h4-5H,3H2,1-2H3,(H,10,13)(H,11,12)/b6-4+,7-5+. The van der Waals surface area contributed by atoms with Crippen LogP contribution in [0.15, 0.2) is 9.59 Å². The summed E-state index contributed by atoms with van der Waals surface area (Å²) in [5, 5.41) is 0.636. The molecule has 1 rings (SSSR count). The summed E-state index contributed by atoms with van der Waals surface area (Å²) in [5.41, 5.74) is -0.517. The zero-order chi connectivity index (χ0) is 9.84. The quantitative estimate of drug-likeness (QED) is 0.585. The number of rotatable bonds is 1. The molecule has 0 bridgehead atoms. The lowest BCUT2D eigenvalue weighted by molar-refractivity contribution is 0.994. The van der Waals surface area contributed by atoms with Gasteiger partial charge in [0.1, 0.15) is 10.7 Å². The van der Waals surface area contributed by atoms with Crippen LogP contribution in [0.2, 0.25) is 0 Å². The molecular formula is C9H12N2O2. The first kappa shape index (κ1) is 9.51. The molecule has 1 heterocycles. The van der Waals surface area contributed by atoms with E-state index in [1.807, 2.05) is 6.92 Å². The molecule has 0 atom stereocenters. The zero-order valence-electron chi connectivity index (χ0n) is 7.68. The van der Waals surface area contributed by atoms with Gasteiger partial charge in [0.05, 0.1) is 0 Å². The first-order chi connectivity index (χ1) is 6.19. The normalized spacial score (nSPS) is 13.7. The van der Waals surface area contributed by atoms with E-state index in [4.69, 9.17) is 0 Å². The van der Waals surface area contributed by atoms with Crippen LogP contribution in [0.5, 0.6) is 0 Å². The molecule has 4 nitrogen and oxygen atoms in total. The van der Waals surface area contributed by atoms with E-state index < -0.39 is 0 Å². The summed E-state index contributed by atoms with van der Waals surface area (Å²) >= 11 is 0. The van der Waals surface area contributed by atoms with Gasteiger partial charge in [0.25, 0.3) is 11.1 Å². The molecule has 4 heteroatoms. The van der Waals surface area contributed by atoms with Crippen LogP contribution < -0.4 is 21.8 Å². The molecule has 2 N–H and O–H groups in total. The Morgan fingerprint density at radius 1 is 1.15 bits per heavy atom. The van der Waals surface area contributed by atoms with Gasteiger partial charge in [-0.25, -0.2) is 0 Å². The van der Waals surface area contributed by atoms with Crippen molar-refractivity contribution >= 4 is 12.2 Å². The summed E-state index contributed by atoms with van der Waals surface area (Å²) in [4.78, 5) is 27.5. The third-order valence-corrected chi connectivity index (χ3v) is 1.68. The molecule has 0 unspecified atom stereocenters. The number of hydrogen-bond donors (Lipinski definition) is 2.